The van der Waals surface area contributed by atoms with Gasteiger partial charge in [0.15, 0.2) is 0 Å². The molecule has 1 saturated heterocycles. The minimum atomic E-state index is -3.12. The largest absolute Gasteiger partial charge is 0.395 e. The summed E-state index contributed by atoms with van der Waals surface area (Å²) in [6.45, 7) is 3.10. The van der Waals surface area contributed by atoms with Gasteiger partial charge in [-0.3, -0.25) is 0 Å². The minimum absolute atomic E-state index is 0.143. The second kappa shape index (κ2) is 7.85. The number of sulfonamides is 1. The molecule has 0 aromatic carbocycles. The van der Waals surface area contributed by atoms with Crippen LogP contribution in [0.2, 0.25) is 0 Å². The van der Waals surface area contributed by atoms with Crippen molar-refractivity contribution in [1.29, 1.82) is 0 Å². The van der Waals surface area contributed by atoms with E-state index in [9.17, 15) is 8.42 Å². The molecule has 0 atom stereocenters. The highest BCUT2D eigenvalue weighted by Crippen LogP contribution is 2.29. The highest BCUT2D eigenvalue weighted by Gasteiger charge is 2.25. The third kappa shape index (κ3) is 4.49. The number of nitrogens with one attached hydrogen (secondary N) is 2. The molecule has 3 heterocycles. The lowest BCUT2D eigenvalue weighted by Crippen LogP contribution is -2.42. The molecule has 2 aliphatic rings. The van der Waals surface area contributed by atoms with Crippen LogP contribution in [0.1, 0.15) is 31.9 Å². The quantitative estimate of drug-likeness (QED) is 0.686. The topological polar surface area (TPSA) is 113 Å². The number of hydrogen-bond donors (Lipinski definition) is 3. The van der Waals surface area contributed by atoms with E-state index in [1.165, 1.54) is 10.6 Å². The van der Waals surface area contributed by atoms with Gasteiger partial charge < -0.3 is 16.4 Å². The Kier molecular flexibility index (Phi) is 5.73. The molecule has 26 heavy (non-hydrogen) atoms. The van der Waals surface area contributed by atoms with Crippen molar-refractivity contribution in [1.82, 2.24) is 19.6 Å². The monoisotopic (exact) mass is 396 g/mol. The Bertz CT molecular complexity index is 829. The Labute approximate surface area is 158 Å². The van der Waals surface area contributed by atoms with Gasteiger partial charge in [0.05, 0.1) is 17.6 Å². The molecule has 8 nitrogen and oxygen atoms in total. The molecule has 1 aromatic rings. The molecule has 0 saturated carbocycles. The van der Waals surface area contributed by atoms with Gasteiger partial charge in [-0.25, -0.2) is 22.7 Å². The van der Waals surface area contributed by atoms with Crippen LogP contribution in [0, 0.1) is 0 Å². The predicted molar refractivity (Wildman–Crippen MR) is 105 cm³/mol. The number of rotatable bonds is 5. The van der Waals surface area contributed by atoms with E-state index in [-0.39, 0.29) is 6.04 Å². The van der Waals surface area contributed by atoms with Crippen molar-refractivity contribution in [2.45, 2.75) is 32.2 Å². The Morgan fingerprint density at radius 3 is 2.81 bits per heavy atom. The van der Waals surface area contributed by atoms with Crippen molar-refractivity contribution in [3.8, 4) is 0 Å². The molecule has 142 valence electrons. The van der Waals surface area contributed by atoms with Crippen LogP contribution < -0.4 is 16.4 Å². The number of nitrogens with zero attached hydrogens (tertiary/aromatic N) is 3. The summed E-state index contributed by atoms with van der Waals surface area (Å²) in [6.07, 6.45) is 5.29. The standard InChI is InChI=1S/C16H24N6O2S2/c1-3-11-10-25-15(19-11)14(17)13-4-7-18-16(21-13)20-12-5-8-22(9-6-12)26(2,23)24/h4,7,10,12,19H,3,5-6,8-9,17H2,1-2H3,(H,18,20,21)/b15-14+. The maximum atomic E-state index is 11.6. The average molecular weight is 397 g/mol. The lowest BCUT2D eigenvalue weighted by molar-refractivity contribution is 0.331. The van der Waals surface area contributed by atoms with E-state index in [0.717, 1.165) is 30.0 Å². The first kappa shape index (κ1) is 19.0. The van der Waals surface area contributed by atoms with Gasteiger partial charge in [-0.05, 0) is 30.7 Å². The van der Waals surface area contributed by atoms with Crippen LogP contribution in [0.5, 0.6) is 0 Å². The molecule has 0 radical (unpaired) electrons. The molecule has 0 bridgehead atoms. The Balaban J connectivity index is 1.65. The maximum Gasteiger partial charge on any atom is 0.223 e. The van der Waals surface area contributed by atoms with Gasteiger partial charge in [-0.1, -0.05) is 18.7 Å². The molecule has 1 aromatic heterocycles. The molecular weight excluding hydrogens is 372 g/mol. The highest BCUT2D eigenvalue weighted by atomic mass is 32.2. The third-order valence-corrected chi connectivity index (χ3v) is 6.67. The molecule has 0 unspecified atom stereocenters. The number of hydrogen-bond acceptors (Lipinski definition) is 8. The van der Waals surface area contributed by atoms with Crippen molar-refractivity contribution in [3.05, 3.63) is 34.1 Å². The normalized spacial score (nSPS) is 21.2. The third-order valence-electron chi connectivity index (χ3n) is 4.41. The lowest BCUT2D eigenvalue weighted by atomic mass is 10.1. The first-order chi connectivity index (χ1) is 12.4. The highest BCUT2D eigenvalue weighted by molar-refractivity contribution is 8.06. The Hall–Kier alpha value is -1.78. The molecule has 0 aliphatic carbocycles. The first-order valence-electron chi connectivity index (χ1n) is 8.54. The van der Waals surface area contributed by atoms with Gasteiger partial charge >= 0.3 is 0 Å². The Morgan fingerprint density at radius 1 is 1.46 bits per heavy atom. The second-order valence-electron chi connectivity index (χ2n) is 6.33. The number of nitrogens with two attached hydrogens (primary N) is 1. The smallest absolute Gasteiger partial charge is 0.223 e. The summed E-state index contributed by atoms with van der Waals surface area (Å²) in [5.74, 6) is 0.510. The molecule has 10 heteroatoms. The summed E-state index contributed by atoms with van der Waals surface area (Å²) >= 11 is 1.56. The van der Waals surface area contributed by atoms with Crippen molar-refractivity contribution < 1.29 is 8.42 Å². The summed E-state index contributed by atoms with van der Waals surface area (Å²) in [5.41, 5.74) is 8.65. The fraction of sp³-hybridized carbons (Fsp3) is 0.500. The van der Waals surface area contributed by atoms with Crippen molar-refractivity contribution in [3.63, 3.8) is 0 Å². The number of aromatic nitrogens is 2. The summed E-state index contributed by atoms with van der Waals surface area (Å²) in [6, 6.07) is 1.93. The minimum Gasteiger partial charge on any atom is -0.395 e. The maximum absolute atomic E-state index is 11.6. The summed E-state index contributed by atoms with van der Waals surface area (Å²) < 4.78 is 24.7. The average Bonchev–Trinajstić information content (AvgIpc) is 3.10. The van der Waals surface area contributed by atoms with Gasteiger partial charge in [-0.15, -0.1) is 0 Å². The number of thioether (sulfide) groups is 1. The van der Waals surface area contributed by atoms with E-state index in [2.05, 4.69) is 32.9 Å². The lowest BCUT2D eigenvalue weighted by Gasteiger charge is -2.30. The van der Waals surface area contributed by atoms with Crippen molar-refractivity contribution in [2.75, 3.05) is 24.7 Å². The van der Waals surface area contributed by atoms with Crippen LogP contribution in [-0.2, 0) is 10.0 Å². The number of piperidine rings is 1. The van der Waals surface area contributed by atoms with Crippen molar-refractivity contribution in [2.24, 2.45) is 5.73 Å². The molecule has 3 rings (SSSR count). The van der Waals surface area contributed by atoms with Gasteiger partial charge in [0.25, 0.3) is 0 Å². The van der Waals surface area contributed by atoms with Crippen LogP contribution >= 0.6 is 11.8 Å². The summed E-state index contributed by atoms with van der Waals surface area (Å²) in [7, 11) is -3.12. The Morgan fingerprint density at radius 2 is 2.19 bits per heavy atom. The van der Waals surface area contributed by atoms with Crippen LogP contribution in [0.15, 0.2) is 28.4 Å². The van der Waals surface area contributed by atoms with E-state index < -0.39 is 10.0 Å². The second-order valence-corrected chi connectivity index (χ2v) is 9.19. The molecule has 0 amide bonds. The van der Waals surface area contributed by atoms with Gasteiger partial charge in [-0.2, -0.15) is 0 Å². The van der Waals surface area contributed by atoms with Gasteiger partial charge in [0.2, 0.25) is 16.0 Å². The number of anilines is 1. The summed E-state index contributed by atoms with van der Waals surface area (Å²) in [4.78, 5) is 8.79. The van der Waals surface area contributed by atoms with E-state index >= 15 is 0 Å². The fourth-order valence-electron chi connectivity index (χ4n) is 2.85. The number of allylic oxidation sites excluding steroid dienone is 1. The van der Waals surface area contributed by atoms with Gasteiger partial charge in [0, 0.05) is 31.0 Å². The zero-order valence-corrected chi connectivity index (χ0v) is 16.5. The zero-order chi connectivity index (χ0) is 18.7. The van der Waals surface area contributed by atoms with Crippen LogP contribution in [0.3, 0.4) is 0 Å². The molecule has 1 fully saturated rings. The fourth-order valence-corrected chi connectivity index (χ4v) is 4.63. The molecule has 0 spiro atoms. The van der Waals surface area contributed by atoms with Crippen molar-refractivity contribution >= 4 is 33.4 Å². The SMILES string of the molecule is CCC1=CS/C(=C(/N)c2ccnc(NC3CCN(S(C)(=O)=O)CC3)n2)N1. The van der Waals surface area contributed by atoms with Crippen LogP contribution in [0.25, 0.3) is 5.70 Å². The molecule has 4 N–H and O–H groups in total. The summed E-state index contributed by atoms with van der Waals surface area (Å²) in [5, 5.41) is 9.53. The van der Waals surface area contributed by atoms with E-state index in [0.29, 0.717) is 30.4 Å². The van der Waals surface area contributed by atoms with Crippen LogP contribution in [-0.4, -0.2) is 48.1 Å². The van der Waals surface area contributed by atoms with E-state index in [4.69, 9.17) is 5.73 Å². The van der Waals surface area contributed by atoms with Gasteiger partial charge in [0.1, 0.15) is 5.03 Å². The van der Waals surface area contributed by atoms with Crippen LogP contribution in [0.4, 0.5) is 5.95 Å². The van der Waals surface area contributed by atoms with E-state index in [1.807, 2.05) is 0 Å². The predicted octanol–water partition coefficient (Wildman–Crippen LogP) is 1.49. The first-order valence-corrected chi connectivity index (χ1v) is 11.3. The van der Waals surface area contributed by atoms with E-state index in [1.54, 1.807) is 24.0 Å². The zero-order valence-electron chi connectivity index (χ0n) is 14.9. The molecular formula is C16H24N6O2S2. The molecule has 2 aliphatic heterocycles.